The molecule has 2 aromatic rings. The van der Waals surface area contributed by atoms with Crippen LogP contribution in [0.3, 0.4) is 0 Å². The predicted molar refractivity (Wildman–Crippen MR) is 76.5 cm³/mol. The first-order valence-electron chi connectivity index (χ1n) is 7.30. The van der Waals surface area contributed by atoms with Crippen LogP contribution in [0.4, 0.5) is 5.82 Å². The molecule has 1 saturated carbocycles. The summed E-state index contributed by atoms with van der Waals surface area (Å²) in [4.78, 5) is 8.46. The van der Waals surface area contributed by atoms with E-state index in [9.17, 15) is 5.11 Å². The van der Waals surface area contributed by atoms with Gasteiger partial charge in [0.15, 0.2) is 0 Å². The zero-order valence-electron chi connectivity index (χ0n) is 11.8. The predicted octanol–water partition coefficient (Wildman–Crippen LogP) is 1.64. The molecule has 2 N–H and O–H groups in total. The van der Waals surface area contributed by atoms with Gasteiger partial charge in [-0.25, -0.2) is 4.98 Å². The van der Waals surface area contributed by atoms with Gasteiger partial charge in [0.25, 0.3) is 5.78 Å². The molecule has 6 nitrogen and oxygen atoms in total. The van der Waals surface area contributed by atoms with Gasteiger partial charge in [-0.05, 0) is 31.6 Å². The van der Waals surface area contributed by atoms with E-state index in [1.807, 2.05) is 13.0 Å². The average Bonchev–Trinajstić information content (AvgIpc) is 2.93. The minimum Gasteiger partial charge on any atom is -0.396 e. The largest absolute Gasteiger partial charge is 0.396 e. The van der Waals surface area contributed by atoms with Crippen LogP contribution in [-0.4, -0.2) is 37.8 Å². The minimum atomic E-state index is 0.292. The topological polar surface area (TPSA) is 75.3 Å². The monoisotopic (exact) mass is 275 g/mol. The molecular formula is C14H21N5O. The number of hydrogen-bond acceptors (Lipinski definition) is 5. The lowest BCUT2D eigenvalue weighted by Crippen LogP contribution is -2.29. The zero-order valence-corrected chi connectivity index (χ0v) is 11.8. The van der Waals surface area contributed by atoms with E-state index in [-0.39, 0.29) is 0 Å². The van der Waals surface area contributed by atoms with Crippen molar-refractivity contribution in [1.29, 1.82) is 0 Å². The SMILES string of the molecule is Cc1cc(NCC2CCCCC2CO)n2ncnc2n1. The molecule has 0 radical (unpaired) electrons. The Kier molecular flexibility index (Phi) is 3.82. The number of aromatic nitrogens is 4. The number of hydrogen-bond donors (Lipinski definition) is 2. The van der Waals surface area contributed by atoms with E-state index < -0.39 is 0 Å². The summed E-state index contributed by atoms with van der Waals surface area (Å²) in [6.45, 7) is 3.11. The van der Waals surface area contributed by atoms with Crippen LogP contribution in [0.2, 0.25) is 0 Å². The number of aryl methyl sites for hydroxylation is 1. The van der Waals surface area contributed by atoms with Crippen LogP contribution in [0, 0.1) is 18.8 Å². The highest BCUT2D eigenvalue weighted by Gasteiger charge is 2.24. The molecule has 2 aromatic heterocycles. The third kappa shape index (κ3) is 2.60. The van der Waals surface area contributed by atoms with Gasteiger partial charge in [-0.3, -0.25) is 0 Å². The molecule has 3 rings (SSSR count). The maximum atomic E-state index is 9.48. The Balaban J connectivity index is 1.74. The fourth-order valence-corrected chi connectivity index (χ4v) is 3.09. The molecule has 2 heterocycles. The van der Waals surface area contributed by atoms with Gasteiger partial charge >= 0.3 is 0 Å². The highest BCUT2D eigenvalue weighted by atomic mass is 16.3. The van der Waals surface area contributed by atoms with Gasteiger partial charge in [-0.2, -0.15) is 14.6 Å². The maximum absolute atomic E-state index is 9.48. The van der Waals surface area contributed by atoms with E-state index in [0.29, 0.717) is 24.2 Å². The number of anilines is 1. The second-order valence-electron chi connectivity index (χ2n) is 5.62. The van der Waals surface area contributed by atoms with Gasteiger partial charge in [0.05, 0.1) is 0 Å². The van der Waals surface area contributed by atoms with Crippen molar-refractivity contribution in [2.24, 2.45) is 11.8 Å². The van der Waals surface area contributed by atoms with Crippen LogP contribution in [0.15, 0.2) is 12.4 Å². The van der Waals surface area contributed by atoms with Crippen molar-refractivity contribution in [3.05, 3.63) is 18.1 Å². The van der Waals surface area contributed by atoms with Crippen molar-refractivity contribution in [2.75, 3.05) is 18.5 Å². The van der Waals surface area contributed by atoms with E-state index in [4.69, 9.17) is 0 Å². The molecule has 6 heteroatoms. The minimum absolute atomic E-state index is 0.292. The molecule has 2 unspecified atom stereocenters. The zero-order chi connectivity index (χ0) is 13.9. The molecule has 0 saturated heterocycles. The molecule has 0 aromatic carbocycles. The van der Waals surface area contributed by atoms with E-state index in [1.165, 1.54) is 25.6 Å². The van der Waals surface area contributed by atoms with Gasteiger partial charge in [0, 0.05) is 24.9 Å². The van der Waals surface area contributed by atoms with Crippen molar-refractivity contribution in [3.8, 4) is 0 Å². The number of rotatable bonds is 4. The Labute approximate surface area is 118 Å². The third-order valence-corrected chi connectivity index (χ3v) is 4.23. The first-order valence-corrected chi connectivity index (χ1v) is 7.30. The Morgan fingerprint density at radius 2 is 2.15 bits per heavy atom. The van der Waals surface area contributed by atoms with Crippen LogP contribution < -0.4 is 5.32 Å². The fourth-order valence-electron chi connectivity index (χ4n) is 3.09. The second kappa shape index (κ2) is 5.75. The number of aliphatic hydroxyl groups is 1. The number of nitrogens with one attached hydrogen (secondary N) is 1. The Morgan fingerprint density at radius 1 is 1.35 bits per heavy atom. The summed E-state index contributed by atoms with van der Waals surface area (Å²) in [5.41, 5.74) is 0.926. The summed E-state index contributed by atoms with van der Waals surface area (Å²) in [6.07, 6.45) is 6.34. The average molecular weight is 275 g/mol. The van der Waals surface area contributed by atoms with Crippen molar-refractivity contribution in [1.82, 2.24) is 19.6 Å². The molecule has 1 aliphatic carbocycles. The second-order valence-corrected chi connectivity index (χ2v) is 5.62. The lowest BCUT2D eigenvalue weighted by atomic mass is 9.79. The van der Waals surface area contributed by atoms with Crippen LogP contribution in [0.5, 0.6) is 0 Å². The van der Waals surface area contributed by atoms with Crippen molar-refractivity contribution >= 4 is 11.6 Å². The Morgan fingerprint density at radius 3 is 2.95 bits per heavy atom. The quantitative estimate of drug-likeness (QED) is 0.887. The number of nitrogens with zero attached hydrogens (tertiary/aromatic N) is 4. The Hall–Kier alpha value is -1.69. The smallest absolute Gasteiger partial charge is 0.254 e. The highest BCUT2D eigenvalue weighted by Crippen LogP contribution is 2.29. The van der Waals surface area contributed by atoms with Gasteiger partial charge in [0.2, 0.25) is 0 Å². The van der Waals surface area contributed by atoms with Crippen molar-refractivity contribution in [2.45, 2.75) is 32.6 Å². The molecule has 0 bridgehead atoms. The third-order valence-electron chi connectivity index (χ3n) is 4.23. The maximum Gasteiger partial charge on any atom is 0.254 e. The van der Waals surface area contributed by atoms with Crippen LogP contribution >= 0.6 is 0 Å². The van der Waals surface area contributed by atoms with Crippen LogP contribution in [0.1, 0.15) is 31.4 Å². The summed E-state index contributed by atoms with van der Waals surface area (Å²) in [5, 5.41) is 17.1. The van der Waals surface area contributed by atoms with Gasteiger partial charge in [-0.1, -0.05) is 12.8 Å². The normalized spacial score (nSPS) is 23.1. The summed E-state index contributed by atoms with van der Waals surface area (Å²) in [5.74, 6) is 2.49. The van der Waals surface area contributed by atoms with Crippen molar-refractivity contribution < 1.29 is 5.11 Å². The van der Waals surface area contributed by atoms with E-state index >= 15 is 0 Å². The summed E-state index contributed by atoms with van der Waals surface area (Å²) >= 11 is 0. The summed E-state index contributed by atoms with van der Waals surface area (Å²) in [6, 6.07) is 1.98. The highest BCUT2D eigenvalue weighted by molar-refractivity contribution is 5.44. The molecule has 0 spiro atoms. The van der Waals surface area contributed by atoms with Gasteiger partial charge in [-0.15, -0.1) is 0 Å². The van der Waals surface area contributed by atoms with Gasteiger partial charge in [0.1, 0.15) is 12.1 Å². The summed E-state index contributed by atoms with van der Waals surface area (Å²) < 4.78 is 1.73. The lowest BCUT2D eigenvalue weighted by Gasteiger charge is -2.30. The molecule has 1 aliphatic rings. The summed E-state index contributed by atoms with van der Waals surface area (Å²) in [7, 11) is 0. The Bertz CT molecular complexity index is 582. The fraction of sp³-hybridized carbons (Fsp3) is 0.643. The van der Waals surface area contributed by atoms with Crippen LogP contribution in [-0.2, 0) is 0 Å². The lowest BCUT2D eigenvalue weighted by molar-refractivity contribution is 0.141. The molecule has 108 valence electrons. The molecule has 0 aliphatic heterocycles. The number of aliphatic hydroxyl groups excluding tert-OH is 1. The molecule has 1 fully saturated rings. The van der Waals surface area contributed by atoms with Crippen molar-refractivity contribution in [3.63, 3.8) is 0 Å². The van der Waals surface area contributed by atoms with Gasteiger partial charge < -0.3 is 10.4 Å². The molecule has 2 atom stereocenters. The molecule has 20 heavy (non-hydrogen) atoms. The molecular weight excluding hydrogens is 254 g/mol. The van der Waals surface area contributed by atoms with E-state index in [2.05, 4.69) is 20.4 Å². The number of fused-ring (bicyclic) bond motifs is 1. The first kappa shape index (κ1) is 13.3. The van der Waals surface area contributed by atoms with Crippen LogP contribution in [0.25, 0.3) is 5.78 Å². The molecule has 0 amide bonds. The standard InChI is InChI=1S/C14H21N5O/c1-10-6-13(19-14(18-10)16-9-17-19)15-7-11-4-2-3-5-12(11)8-20/h6,9,11-12,15,20H,2-5,7-8H2,1H3. The van der Waals surface area contributed by atoms with E-state index in [0.717, 1.165) is 24.5 Å². The first-order chi connectivity index (χ1) is 9.78. The van der Waals surface area contributed by atoms with E-state index in [1.54, 1.807) is 4.52 Å².